The second-order valence-corrected chi connectivity index (χ2v) is 6.72. The van der Waals surface area contributed by atoms with Crippen LogP contribution in [0.15, 0.2) is 42.0 Å². The number of ether oxygens (including phenoxy) is 4. The van der Waals surface area contributed by atoms with Crippen molar-refractivity contribution < 1.29 is 28.5 Å². The molecule has 2 aromatic carbocycles. The molecule has 1 N–H and O–H groups in total. The van der Waals surface area contributed by atoms with Crippen LogP contribution in [0.3, 0.4) is 0 Å². The van der Waals surface area contributed by atoms with E-state index in [1.807, 2.05) is 18.2 Å². The first-order valence-corrected chi connectivity index (χ1v) is 9.83. The molecule has 0 aliphatic rings. The van der Waals surface area contributed by atoms with Gasteiger partial charge in [0, 0.05) is 19.0 Å². The average molecular weight is 438 g/mol. The molecule has 0 saturated heterocycles. The van der Waals surface area contributed by atoms with Crippen molar-refractivity contribution in [1.29, 1.82) is 5.26 Å². The number of carbonyl (C=O) groups is 2. The van der Waals surface area contributed by atoms with Crippen molar-refractivity contribution in [1.82, 2.24) is 5.32 Å². The van der Waals surface area contributed by atoms with Crippen molar-refractivity contribution in [3.05, 3.63) is 58.7 Å². The molecule has 168 valence electrons. The van der Waals surface area contributed by atoms with Crippen LogP contribution in [0.1, 0.15) is 23.6 Å². The number of nitriles is 1. The number of nitrogens with zero attached hydrogens (tertiary/aromatic N) is 1. The molecule has 2 rings (SSSR count). The predicted molar refractivity (Wildman–Crippen MR) is 118 cm³/mol. The number of carbonyl (C=O) groups excluding carboxylic acids is 2. The molecule has 8 heteroatoms. The van der Waals surface area contributed by atoms with E-state index in [9.17, 15) is 14.9 Å². The maximum absolute atomic E-state index is 12.5. The minimum Gasteiger partial charge on any atom is -0.496 e. The Morgan fingerprint density at radius 2 is 1.69 bits per heavy atom. The van der Waals surface area contributed by atoms with Gasteiger partial charge in [-0.15, -0.1) is 0 Å². The molecule has 0 saturated carbocycles. The van der Waals surface area contributed by atoms with Gasteiger partial charge in [0.15, 0.2) is 11.5 Å². The lowest BCUT2D eigenvalue weighted by Gasteiger charge is -2.10. The topological polar surface area (TPSA) is 107 Å². The lowest BCUT2D eigenvalue weighted by atomic mass is 10.1. The minimum atomic E-state index is -0.481. The molecule has 8 nitrogen and oxygen atoms in total. The second-order valence-electron chi connectivity index (χ2n) is 6.72. The number of hydrogen-bond donors (Lipinski definition) is 1. The smallest absolute Gasteiger partial charge is 0.302 e. The maximum atomic E-state index is 12.5. The minimum absolute atomic E-state index is 0.0274. The Bertz CT molecular complexity index is 1040. The zero-order chi connectivity index (χ0) is 23.5. The summed E-state index contributed by atoms with van der Waals surface area (Å²) in [6.07, 6.45) is 2.03. The molecule has 0 aromatic heterocycles. The van der Waals surface area contributed by atoms with E-state index in [0.29, 0.717) is 41.3 Å². The SMILES string of the molecule is COc1ccc(/C=C(\C#N)C(=O)NCCc2ccc(OC)c(OC)c2)cc1COC(C)=O. The van der Waals surface area contributed by atoms with Crippen molar-refractivity contribution in [3.63, 3.8) is 0 Å². The molecule has 0 bridgehead atoms. The Morgan fingerprint density at radius 3 is 2.31 bits per heavy atom. The fourth-order valence-electron chi connectivity index (χ4n) is 2.95. The highest BCUT2D eigenvalue weighted by Gasteiger charge is 2.11. The third kappa shape index (κ3) is 6.77. The number of benzene rings is 2. The van der Waals surface area contributed by atoms with E-state index in [-0.39, 0.29) is 12.2 Å². The fraction of sp³-hybridized carbons (Fsp3) is 0.292. The molecule has 0 heterocycles. The predicted octanol–water partition coefficient (Wildman–Crippen LogP) is 3.04. The lowest BCUT2D eigenvalue weighted by Crippen LogP contribution is -2.26. The van der Waals surface area contributed by atoms with Gasteiger partial charge in [0.25, 0.3) is 5.91 Å². The molecule has 32 heavy (non-hydrogen) atoms. The van der Waals surface area contributed by atoms with Crippen LogP contribution in [0.2, 0.25) is 0 Å². The van der Waals surface area contributed by atoms with Crippen LogP contribution in [0, 0.1) is 11.3 Å². The van der Waals surface area contributed by atoms with Gasteiger partial charge in [-0.3, -0.25) is 9.59 Å². The van der Waals surface area contributed by atoms with Gasteiger partial charge in [-0.05, 0) is 47.9 Å². The number of rotatable bonds is 10. The molecular formula is C24H26N2O6. The second kappa shape index (κ2) is 12.0. The van der Waals surface area contributed by atoms with Gasteiger partial charge in [-0.1, -0.05) is 12.1 Å². The molecule has 2 aromatic rings. The van der Waals surface area contributed by atoms with Gasteiger partial charge in [0.1, 0.15) is 24.0 Å². The van der Waals surface area contributed by atoms with Crippen molar-refractivity contribution in [3.8, 4) is 23.3 Å². The Hall–Kier alpha value is -3.99. The van der Waals surface area contributed by atoms with Crippen LogP contribution in [-0.4, -0.2) is 39.8 Å². The highest BCUT2D eigenvalue weighted by Crippen LogP contribution is 2.27. The molecule has 0 unspecified atom stereocenters. The van der Waals surface area contributed by atoms with Crippen LogP contribution in [0.5, 0.6) is 17.2 Å². The first-order chi connectivity index (χ1) is 15.4. The third-order valence-corrected chi connectivity index (χ3v) is 4.56. The largest absolute Gasteiger partial charge is 0.496 e. The number of nitrogens with one attached hydrogen (secondary N) is 1. The zero-order valence-electron chi connectivity index (χ0n) is 18.6. The van der Waals surface area contributed by atoms with Crippen LogP contribution < -0.4 is 19.5 Å². The number of esters is 1. The van der Waals surface area contributed by atoms with E-state index in [4.69, 9.17) is 18.9 Å². The molecule has 0 radical (unpaired) electrons. The van der Waals surface area contributed by atoms with Crippen LogP contribution in [0.25, 0.3) is 6.08 Å². The quantitative estimate of drug-likeness (QED) is 0.345. The first-order valence-electron chi connectivity index (χ1n) is 9.83. The molecular weight excluding hydrogens is 412 g/mol. The standard InChI is InChI=1S/C24H26N2O6/c1-16(27)32-15-20-12-18(6-7-21(20)29-2)11-19(14-25)24(28)26-10-9-17-5-8-22(30-3)23(13-17)31-4/h5-8,11-13H,9-10,15H2,1-4H3,(H,26,28)/b19-11+. The fourth-order valence-corrected chi connectivity index (χ4v) is 2.95. The molecule has 1 amide bonds. The molecule has 0 spiro atoms. The van der Waals surface area contributed by atoms with Gasteiger partial charge in [0.05, 0.1) is 21.3 Å². The van der Waals surface area contributed by atoms with Crippen LogP contribution >= 0.6 is 0 Å². The highest BCUT2D eigenvalue weighted by atomic mass is 16.5. The molecule has 0 aliphatic carbocycles. The van der Waals surface area contributed by atoms with Crippen molar-refractivity contribution in [2.45, 2.75) is 20.0 Å². The summed E-state index contributed by atoms with van der Waals surface area (Å²) in [7, 11) is 4.63. The van der Waals surface area contributed by atoms with Gasteiger partial charge >= 0.3 is 5.97 Å². The van der Waals surface area contributed by atoms with Gasteiger partial charge in [-0.2, -0.15) is 5.26 Å². The van der Waals surface area contributed by atoms with Crippen LogP contribution in [-0.2, 0) is 27.4 Å². The van der Waals surface area contributed by atoms with E-state index in [1.54, 1.807) is 38.5 Å². The monoisotopic (exact) mass is 438 g/mol. The summed E-state index contributed by atoms with van der Waals surface area (Å²) in [4.78, 5) is 23.6. The summed E-state index contributed by atoms with van der Waals surface area (Å²) in [5.74, 6) is 0.881. The Kier molecular flexibility index (Phi) is 9.11. The average Bonchev–Trinajstić information content (AvgIpc) is 2.80. The maximum Gasteiger partial charge on any atom is 0.302 e. The number of methoxy groups -OCH3 is 3. The summed E-state index contributed by atoms with van der Waals surface area (Å²) in [5, 5.41) is 12.2. The first kappa shape index (κ1) is 24.3. The third-order valence-electron chi connectivity index (χ3n) is 4.56. The van der Waals surface area contributed by atoms with Crippen molar-refractivity contribution in [2.75, 3.05) is 27.9 Å². The Labute approximate surface area is 187 Å². The molecule has 0 aliphatic heterocycles. The summed E-state index contributed by atoms with van der Waals surface area (Å²) < 4.78 is 20.8. The summed E-state index contributed by atoms with van der Waals surface area (Å²) in [6, 6.07) is 12.6. The zero-order valence-corrected chi connectivity index (χ0v) is 18.6. The lowest BCUT2D eigenvalue weighted by molar-refractivity contribution is -0.142. The summed E-state index contributed by atoms with van der Waals surface area (Å²) in [5.41, 5.74) is 2.15. The number of hydrogen-bond acceptors (Lipinski definition) is 7. The van der Waals surface area contributed by atoms with Gasteiger partial charge in [0.2, 0.25) is 0 Å². The van der Waals surface area contributed by atoms with Crippen molar-refractivity contribution >= 4 is 18.0 Å². The van der Waals surface area contributed by atoms with E-state index >= 15 is 0 Å². The van der Waals surface area contributed by atoms with E-state index < -0.39 is 11.9 Å². The molecule has 0 fully saturated rings. The summed E-state index contributed by atoms with van der Waals surface area (Å²) in [6.45, 7) is 1.68. The van der Waals surface area contributed by atoms with Gasteiger partial charge in [-0.25, -0.2) is 0 Å². The summed E-state index contributed by atoms with van der Waals surface area (Å²) >= 11 is 0. The normalized spacial score (nSPS) is 10.7. The van der Waals surface area contributed by atoms with Crippen LogP contribution in [0.4, 0.5) is 0 Å². The van der Waals surface area contributed by atoms with E-state index in [0.717, 1.165) is 5.56 Å². The van der Waals surface area contributed by atoms with E-state index in [1.165, 1.54) is 20.1 Å². The number of amides is 1. The Balaban J connectivity index is 2.06. The highest BCUT2D eigenvalue weighted by molar-refractivity contribution is 6.01. The van der Waals surface area contributed by atoms with Crippen molar-refractivity contribution in [2.24, 2.45) is 0 Å². The molecule has 0 atom stereocenters. The van der Waals surface area contributed by atoms with E-state index in [2.05, 4.69) is 5.32 Å². The Morgan fingerprint density at radius 1 is 1.00 bits per heavy atom. The van der Waals surface area contributed by atoms with Gasteiger partial charge < -0.3 is 24.3 Å².